The van der Waals surface area contributed by atoms with Crippen molar-refractivity contribution in [3.63, 3.8) is 0 Å². The average molecular weight is 341 g/mol. The highest BCUT2D eigenvalue weighted by Gasteiger charge is 2.26. The van der Waals surface area contributed by atoms with Gasteiger partial charge in [-0.15, -0.1) is 0 Å². The molecule has 0 aromatic carbocycles. The van der Waals surface area contributed by atoms with Gasteiger partial charge in [0.05, 0.1) is 31.9 Å². The first-order valence-electron chi connectivity index (χ1n) is 5.31. The maximum atomic E-state index is 13.8. The first kappa shape index (κ1) is 15.7. The summed E-state index contributed by atoms with van der Waals surface area (Å²) in [6.45, 7) is 4.35. The van der Waals surface area contributed by atoms with Crippen molar-refractivity contribution in [2.45, 2.75) is 31.6 Å². The minimum Gasteiger partial charge on any atom is -0.256 e. The number of alkyl halides is 1. The van der Waals surface area contributed by atoms with E-state index in [1.807, 2.05) is 0 Å². The highest BCUT2D eigenvalue weighted by molar-refractivity contribution is 9.10. The summed E-state index contributed by atoms with van der Waals surface area (Å²) in [4.78, 5) is 3.80. The lowest BCUT2D eigenvalue weighted by Crippen LogP contribution is -2.37. The fraction of sp³-hybridized carbons (Fsp3) is 0.545. The van der Waals surface area contributed by atoms with Crippen LogP contribution in [0.25, 0.3) is 0 Å². The molecule has 7 heteroatoms. The van der Waals surface area contributed by atoms with E-state index in [0.717, 1.165) is 0 Å². The molecule has 18 heavy (non-hydrogen) atoms. The van der Waals surface area contributed by atoms with E-state index in [4.69, 9.17) is 0 Å². The summed E-state index contributed by atoms with van der Waals surface area (Å²) in [5.41, 5.74) is -0.0792. The molecule has 1 aromatic heterocycles. The third kappa shape index (κ3) is 3.80. The van der Waals surface area contributed by atoms with Crippen molar-refractivity contribution in [1.82, 2.24) is 9.71 Å². The van der Waals surface area contributed by atoms with E-state index in [1.165, 1.54) is 12.3 Å². The van der Waals surface area contributed by atoms with Crippen LogP contribution in [0.4, 0.5) is 8.78 Å². The summed E-state index contributed by atoms with van der Waals surface area (Å²) in [5, 5.41) is 0. The molecule has 0 saturated carbocycles. The fourth-order valence-electron chi connectivity index (χ4n) is 1.14. The van der Waals surface area contributed by atoms with Crippen LogP contribution in [-0.4, -0.2) is 20.6 Å². The topological polar surface area (TPSA) is 42.0 Å². The summed E-state index contributed by atoms with van der Waals surface area (Å²) >= 11 is 3.01. The second-order valence-corrected chi connectivity index (χ2v) is 7.55. The number of pyridine rings is 1. The minimum absolute atomic E-state index is 0.0792. The van der Waals surface area contributed by atoms with E-state index in [0.29, 0.717) is 0 Å². The molecule has 1 heterocycles. The predicted molar refractivity (Wildman–Crippen MR) is 71.6 cm³/mol. The van der Waals surface area contributed by atoms with Gasteiger partial charge in [0.25, 0.3) is 0 Å². The van der Waals surface area contributed by atoms with E-state index >= 15 is 0 Å². The molecule has 1 aromatic rings. The zero-order chi connectivity index (χ0) is 13.9. The van der Waals surface area contributed by atoms with E-state index < -0.39 is 34.3 Å². The van der Waals surface area contributed by atoms with Crippen LogP contribution in [0, 0.1) is 5.82 Å². The maximum Gasteiger partial charge on any atom is 0.160 e. The molecule has 0 radical (unpaired) electrons. The molecule has 0 saturated heterocycles. The van der Waals surface area contributed by atoms with Crippen LogP contribution in [-0.2, 0) is 11.0 Å². The number of aromatic nitrogens is 1. The molecule has 0 amide bonds. The van der Waals surface area contributed by atoms with Gasteiger partial charge in [0.1, 0.15) is 6.67 Å². The predicted octanol–water partition coefficient (Wildman–Crippen LogP) is 3.05. The first-order chi connectivity index (χ1) is 8.27. The maximum absolute atomic E-state index is 13.8. The molecule has 0 aliphatic rings. The van der Waals surface area contributed by atoms with Gasteiger partial charge in [-0.25, -0.2) is 17.7 Å². The van der Waals surface area contributed by atoms with Gasteiger partial charge in [0.15, 0.2) is 5.82 Å². The lowest BCUT2D eigenvalue weighted by atomic mass is 10.2. The molecule has 0 unspecified atom stereocenters. The Balaban J connectivity index is 2.97. The molecular weight excluding hydrogens is 326 g/mol. The van der Waals surface area contributed by atoms with E-state index in [-0.39, 0.29) is 10.2 Å². The number of nitrogens with one attached hydrogen (secondary N) is 1. The number of hydrogen-bond acceptors (Lipinski definition) is 2. The first-order valence-corrected chi connectivity index (χ1v) is 7.25. The van der Waals surface area contributed by atoms with Gasteiger partial charge in [0, 0.05) is 6.20 Å². The van der Waals surface area contributed by atoms with Gasteiger partial charge in [-0.05, 0) is 42.8 Å². The Hall–Kier alpha value is -0.400. The van der Waals surface area contributed by atoms with Crippen molar-refractivity contribution in [3.05, 3.63) is 28.2 Å². The highest BCUT2D eigenvalue weighted by Crippen LogP contribution is 2.23. The Labute approximate surface area is 116 Å². The monoisotopic (exact) mass is 340 g/mol. The summed E-state index contributed by atoms with van der Waals surface area (Å²) in [6, 6.07) is 0.400. The zero-order valence-corrected chi connectivity index (χ0v) is 12.7. The van der Waals surface area contributed by atoms with Crippen molar-refractivity contribution in [2.75, 3.05) is 6.67 Å². The fourth-order valence-corrected chi connectivity index (χ4v) is 2.25. The van der Waals surface area contributed by atoms with Crippen LogP contribution in [0.1, 0.15) is 32.5 Å². The molecule has 1 N–H and O–H groups in total. The van der Waals surface area contributed by atoms with Gasteiger partial charge in [-0.3, -0.25) is 4.98 Å². The van der Waals surface area contributed by atoms with Crippen LogP contribution < -0.4 is 4.72 Å². The van der Waals surface area contributed by atoms with Crippen LogP contribution in [0.5, 0.6) is 0 Å². The molecule has 0 aliphatic heterocycles. The lowest BCUT2D eigenvalue weighted by Gasteiger charge is -2.22. The number of rotatable bonds is 4. The number of hydrogen-bond donors (Lipinski definition) is 1. The molecule has 0 bridgehead atoms. The Morgan fingerprint density at radius 1 is 1.56 bits per heavy atom. The van der Waals surface area contributed by atoms with Gasteiger partial charge in [-0.2, -0.15) is 0 Å². The zero-order valence-electron chi connectivity index (χ0n) is 10.3. The van der Waals surface area contributed by atoms with Crippen molar-refractivity contribution >= 4 is 26.9 Å². The van der Waals surface area contributed by atoms with Gasteiger partial charge in [0.2, 0.25) is 0 Å². The summed E-state index contributed by atoms with van der Waals surface area (Å²) in [7, 11) is -1.49. The van der Waals surface area contributed by atoms with Crippen molar-refractivity contribution in [2.24, 2.45) is 0 Å². The summed E-state index contributed by atoms with van der Waals surface area (Å²) < 4.78 is 40.8. The standard InChI is InChI=1S/C11H15BrF2N2OS/c1-11(2,3)18(17)16-8(6-13)10-9(14)7(12)4-5-15-10/h4-5,8,16H,6H2,1-3H3/t8-,18+/m0/s1. The molecule has 2 atom stereocenters. The largest absolute Gasteiger partial charge is 0.256 e. The van der Waals surface area contributed by atoms with E-state index in [2.05, 4.69) is 25.6 Å². The third-order valence-corrected chi connectivity index (χ3v) is 4.38. The summed E-state index contributed by atoms with van der Waals surface area (Å²) in [6.07, 6.45) is 1.37. The van der Waals surface area contributed by atoms with Crippen LogP contribution in [0.15, 0.2) is 16.7 Å². The normalized spacial score (nSPS) is 15.4. The highest BCUT2D eigenvalue weighted by atomic mass is 79.9. The Kier molecular flexibility index (Phi) is 5.36. The second-order valence-electron chi connectivity index (χ2n) is 4.70. The Morgan fingerprint density at radius 2 is 2.17 bits per heavy atom. The SMILES string of the molecule is CC(C)(C)[S@@](=O)N[C@@H](CF)c1nccc(Br)c1F. The van der Waals surface area contributed by atoms with Crippen LogP contribution in [0.3, 0.4) is 0 Å². The molecule has 3 nitrogen and oxygen atoms in total. The van der Waals surface area contributed by atoms with Crippen molar-refractivity contribution in [1.29, 1.82) is 0 Å². The molecule has 0 fully saturated rings. The summed E-state index contributed by atoms with van der Waals surface area (Å²) in [5.74, 6) is -0.640. The molecule has 1 rings (SSSR count). The number of halogens is 3. The average Bonchev–Trinajstić information content (AvgIpc) is 2.28. The smallest absolute Gasteiger partial charge is 0.160 e. The molecule has 102 valence electrons. The Morgan fingerprint density at radius 3 is 2.67 bits per heavy atom. The minimum atomic E-state index is -1.49. The van der Waals surface area contributed by atoms with Gasteiger partial charge in [-0.1, -0.05) is 0 Å². The molecule has 0 spiro atoms. The molecular formula is C11H15BrF2N2OS. The van der Waals surface area contributed by atoms with Crippen LogP contribution in [0.2, 0.25) is 0 Å². The number of nitrogens with zero attached hydrogens (tertiary/aromatic N) is 1. The molecule has 0 aliphatic carbocycles. The van der Waals surface area contributed by atoms with Crippen LogP contribution >= 0.6 is 15.9 Å². The lowest BCUT2D eigenvalue weighted by molar-refractivity contribution is 0.400. The van der Waals surface area contributed by atoms with Crippen molar-refractivity contribution in [3.8, 4) is 0 Å². The van der Waals surface area contributed by atoms with Gasteiger partial charge < -0.3 is 0 Å². The second kappa shape index (κ2) is 6.16. The van der Waals surface area contributed by atoms with E-state index in [1.54, 1.807) is 20.8 Å². The van der Waals surface area contributed by atoms with E-state index in [9.17, 15) is 13.0 Å². The van der Waals surface area contributed by atoms with Crippen molar-refractivity contribution < 1.29 is 13.0 Å². The Bertz CT molecular complexity index is 451. The third-order valence-electron chi connectivity index (χ3n) is 2.16. The quantitative estimate of drug-likeness (QED) is 0.915. The van der Waals surface area contributed by atoms with Gasteiger partial charge >= 0.3 is 0 Å².